The van der Waals surface area contributed by atoms with Crippen LogP contribution in [0.1, 0.15) is 32.3 Å². The van der Waals surface area contributed by atoms with Crippen LogP contribution in [0.25, 0.3) is 11.0 Å². The standard InChI is InChI=1S/C23H25N3O5/c1-3-16-13-21(27)31-20-14-18(5-6-19(16)20)29-15(2)22(28)26-11-7-17(8-12-26)30-23-24-9-4-10-25-23/h4-6,9-10,13-15,17H,3,7-8,11-12H2,1-2H3. The second-order valence-electron chi connectivity index (χ2n) is 7.54. The minimum Gasteiger partial charge on any atom is -0.481 e. The van der Waals surface area contributed by atoms with Gasteiger partial charge in [0.2, 0.25) is 0 Å². The highest BCUT2D eigenvalue weighted by atomic mass is 16.5. The van der Waals surface area contributed by atoms with E-state index in [9.17, 15) is 9.59 Å². The van der Waals surface area contributed by atoms with E-state index in [1.165, 1.54) is 6.07 Å². The molecule has 1 fully saturated rings. The Morgan fingerprint density at radius 1 is 1.23 bits per heavy atom. The Morgan fingerprint density at radius 2 is 1.97 bits per heavy atom. The molecule has 0 radical (unpaired) electrons. The molecule has 1 saturated heterocycles. The van der Waals surface area contributed by atoms with Crippen molar-refractivity contribution in [1.29, 1.82) is 0 Å². The third-order valence-electron chi connectivity index (χ3n) is 5.41. The number of aromatic nitrogens is 2. The number of fused-ring (bicyclic) bond motifs is 1. The van der Waals surface area contributed by atoms with Gasteiger partial charge in [-0.15, -0.1) is 0 Å². The topological polar surface area (TPSA) is 94.8 Å². The smallest absolute Gasteiger partial charge is 0.336 e. The van der Waals surface area contributed by atoms with E-state index in [0.717, 1.165) is 17.4 Å². The van der Waals surface area contributed by atoms with E-state index in [1.54, 1.807) is 42.4 Å². The molecule has 0 aliphatic carbocycles. The lowest BCUT2D eigenvalue weighted by atomic mass is 10.1. The van der Waals surface area contributed by atoms with Crippen molar-refractivity contribution in [2.75, 3.05) is 13.1 Å². The highest BCUT2D eigenvalue weighted by molar-refractivity contribution is 5.83. The first kappa shape index (κ1) is 20.8. The van der Waals surface area contributed by atoms with Crippen LogP contribution in [0.3, 0.4) is 0 Å². The number of likely N-dealkylation sites (tertiary alicyclic amines) is 1. The maximum absolute atomic E-state index is 12.8. The van der Waals surface area contributed by atoms with Gasteiger partial charge in [-0.25, -0.2) is 14.8 Å². The van der Waals surface area contributed by atoms with E-state index in [-0.39, 0.29) is 12.0 Å². The van der Waals surface area contributed by atoms with Crippen molar-refractivity contribution in [3.8, 4) is 11.8 Å². The van der Waals surface area contributed by atoms with Crippen LogP contribution in [0.5, 0.6) is 11.8 Å². The maximum Gasteiger partial charge on any atom is 0.336 e. The number of aryl methyl sites for hydroxylation is 1. The molecule has 1 amide bonds. The second-order valence-corrected chi connectivity index (χ2v) is 7.54. The summed E-state index contributed by atoms with van der Waals surface area (Å²) in [6, 6.07) is 8.93. The van der Waals surface area contributed by atoms with Gasteiger partial charge in [-0.05, 0) is 37.1 Å². The number of nitrogens with zero attached hydrogens (tertiary/aromatic N) is 3. The third kappa shape index (κ3) is 4.84. The van der Waals surface area contributed by atoms with Crippen LogP contribution in [0.2, 0.25) is 0 Å². The largest absolute Gasteiger partial charge is 0.481 e. The zero-order valence-electron chi connectivity index (χ0n) is 17.6. The molecule has 162 valence electrons. The predicted octanol–water partition coefficient (Wildman–Crippen LogP) is 2.98. The molecule has 3 aromatic rings. The molecule has 31 heavy (non-hydrogen) atoms. The number of ether oxygens (including phenoxy) is 2. The summed E-state index contributed by atoms with van der Waals surface area (Å²) in [5, 5.41) is 0.873. The molecule has 1 unspecified atom stereocenters. The van der Waals surface area contributed by atoms with Gasteiger partial charge in [0.25, 0.3) is 5.91 Å². The molecule has 8 heteroatoms. The lowest BCUT2D eigenvalue weighted by Gasteiger charge is -2.33. The van der Waals surface area contributed by atoms with Crippen molar-refractivity contribution < 1.29 is 18.7 Å². The molecule has 2 aromatic heterocycles. The van der Waals surface area contributed by atoms with Gasteiger partial charge in [-0.3, -0.25) is 4.79 Å². The monoisotopic (exact) mass is 423 g/mol. The molecule has 0 bridgehead atoms. The molecule has 8 nitrogen and oxygen atoms in total. The van der Waals surface area contributed by atoms with E-state index >= 15 is 0 Å². The zero-order valence-corrected chi connectivity index (χ0v) is 17.6. The number of carbonyl (C=O) groups excluding carboxylic acids is 1. The number of hydrogen-bond donors (Lipinski definition) is 0. The van der Waals surface area contributed by atoms with Crippen molar-refractivity contribution in [1.82, 2.24) is 14.9 Å². The average Bonchev–Trinajstić information content (AvgIpc) is 2.79. The Hall–Kier alpha value is -3.42. The highest BCUT2D eigenvalue weighted by Gasteiger charge is 2.28. The predicted molar refractivity (Wildman–Crippen MR) is 114 cm³/mol. The summed E-state index contributed by atoms with van der Waals surface area (Å²) in [7, 11) is 0. The fraction of sp³-hybridized carbons (Fsp3) is 0.391. The first-order valence-electron chi connectivity index (χ1n) is 10.5. The van der Waals surface area contributed by atoms with Crippen LogP contribution in [-0.4, -0.2) is 46.1 Å². The van der Waals surface area contributed by atoms with E-state index in [4.69, 9.17) is 13.9 Å². The molecule has 0 N–H and O–H groups in total. The number of rotatable bonds is 6. The van der Waals surface area contributed by atoms with Gasteiger partial charge in [-0.1, -0.05) is 6.92 Å². The van der Waals surface area contributed by atoms with Crippen LogP contribution in [0, 0.1) is 0 Å². The van der Waals surface area contributed by atoms with Crippen LogP contribution in [-0.2, 0) is 11.2 Å². The van der Waals surface area contributed by atoms with E-state index in [0.29, 0.717) is 43.3 Å². The van der Waals surface area contributed by atoms with Gasteiger partial charge >= 0.3 is 11.6 Å². The fourth-order valence-corrected chi connectivity index (χ4v) is 3.78. The van der Waals surface area contributed by atoms with Crippen LogP contribution >= 0.6 is 0 Å². The molecular formula is C23H25N3O5. The molecule has 1 aliphatic heterocycles. The Kier molecular flexibility index (Phi) is 6.16. The highest BCUT2D eigenvalue weighted by Crippen LogP contribution is 2.24. The van der Waals surface area contributed by atoms with Gasteiger partial charge < -0.3 is 18.8 Å². The first-order valence-corrected chi connectivity index (χ1v) is 10.5. The van der Waals surface area contributed by atoms with E-state index < -0.39 is 11.7 Å². The summed E-state index contributed by atoms with van der Waals surface area (Å²) in [5.74, 6) is 0.405. The molecule has 3 heterocycles. The first-order chi connectivity index (χ1) is 15.0. The molecule has 1 atom stereocenters. The number of piperidine rings is 1. The summed E-state index contributed by atoms with van der Waals surface area (Å²) < 4.78 is 17.0. The van der Waals surface area contributed by atoms with Gasteiger partial charge in [0.15, 0.2) is 6.10 Å². The van der Waals surface area contributed by atoms with E-state index in [1.807, 2.05) is 13.0 Å². The van der Waals surface area contributed by atoms with Crippen molar-refractivity contribution in [2.45, 2.75) is 45.3 Å². The van der Waals surface area contributed by atoms with Gasteiger partial charge in [-0.2, -0.15) is 0 Å². The normalized spacial score (nSPS) is 15.6. The third-order valence-corrected chi connectivity index (χ3v) is 5.41. The molecule has 4 rings (SSSR count). The number of benzene rings is 1. The Bertz CT molecular complexity index is 1110. The molecule has 0 saturated carbocycles. The van der Waals surface area contributed by atoms with Crippen molar-refractivity contribution in [2.24, 2.45) is 0 Å². The molecule has 1 aliphatic rings. The van der Waals surface area contributed by atoms with Crippen molar-refractivity contribution >= 4 is 16.9 Å². The summed E-state index contributed by atoms with van der Waals surface area (Å²) in [4.78, 5) is 34.6. The molecule has 1 aromatic carbocycles. The van der Waals surface area contributed by atoms with Crippen molar-refractivity contribution in [3.05, 3.63) is 58.7 Å². The number of amides is 1. The quantitative estimate of drug-likeness (QED) is 0.563. The summed E-state index contributed by atoms with van der Waals surface area (Å²) in [5.41, 5.74) is 0.993. The Labute approximate surface area is 179 Å². The molecule has 0 spiro atoms. The van der Waals surface area contributed by atoms with Gasteiger partial charge in [0, 0.05) is 55.8 Å². The van der Waals surface area contributed by atoms with Gasteiger partial charge in [0.1, 0.15) is 17.4 Å². The SMILES string of the molecule is CCc1cc(=O)oc2cc(OC(C)C(=O)N3CCC(Oc4ncccn4)CC3)ccc12. The fourth-order valence-electron chi connectivity index (χ4n) is 3.78. The lowest BCUT2D eigenvalue weighted by molar-refractivity contribution is -0.139. The summed E-state index contributed by atoms with van der Waals surface area (Å²) in [6.07, 6.45) is 4.75. The summed E-state index contributed by atoms with van der Waals surface area (Å²) >= 11 is 0. The van der Waals surface area contributed by atoms with Crippen molar-refractivity contribution in [3.63, 3.8) is 0 Å². The van der Waals surface area contributed by atoms with E-state index in [2.05, 4.69) is 9.97 Å². The lowest BCUT2D eigenvalue weighted by Crippen LogP contribution is -2.46. The number of carbonyl (C=O) groups is 1. The maximum atomic E-state index is 12.8. The Balaban J connectivity index is 1.36. The van der Waals surface area contributed by atoms with Crippen LogP contribution < -0.4 is 15.1 Å². The number of hydrogen-bond acceptors (Lipinski definition) is 7. The second kappa shape index (κ2) is 9.16. The minimum atomic E-state index is -0.659. The molecular weight excluding hydrogens is 398 g/mol. The Morgan fingerprint density at radius 3 is 2.68 bits per heavy atom. The van der Waals surface area contributed by atoms with Crippen LogP contribution in [0.4, 0.5) is 0 Å². The van der Waals surface area contributed by atoms with Gasteiger partial charge in [0.05, 0.1) is 0 Å². The average molecular weight is 423 g/mol. The minimum absolute atomic E-state index is 0.0150. The zero-order chi connectivity index (χ0) is 21.8. The van der Waals surface area contributed by atoms with Crippen LogP contribution in [0.15, 0.2) is 51.9 Å². The summed E-state index contributed by atoms with van der Waals surface area (Å²) in [6.45, 7) is 4.87.